The minimum atomic E-state index is -0.321. The Bertz CT molecular complexity index is 986. The van der Waals surface area contributed by atoms with Crippen LogP contribution in [0.25, 0.3) is 11.1 Å². The van der Waals surface area contributed by atoms with Gasteiger partial charge in [0.15, 0.2) is 0 Å². The summed E-state index contributed by atoms with van der Waals surface area (Å²) in [5, 5.41) is 9.84. The Kier molecular flexibility index (Phi) is 7.24. The molecule has 1 fully saturated rings. The zero-order valence-corrected chi connectivity index (χ0v) is 18.6. The third kappa shape index (κ3) is 5.02. The Labute approximate surface area is 183 Å². The molecule has 3 rings (SSSR count). The zero-order chi connectivity index (χ0) is 22.5. The Morgan fingerprint density at radius 3 is 2.74 bits per heavy atom. The number of benzene rings is 1. The van der Waals surface area contributed by atoms with Crippen molar-refractivity contribution in [3.63, 3.8) is 0 Å². The topological polar surface area (TPSA) is 69.5 Å². The molecule has 2 aromatic rings. The summed E-state index contributed by atoms with van der Waals surface area (Å²) < 4.78 is 18.8. The average molecular weight is 425 g/mol. The molecule has 0 bridgehead atoms. The molecular formula is C24H29FN4O2. The quantitative estimate of drug-likeness (QED) is 0.702. The number of carbonyl (C=O) groups excluding carboxylic acids is 1. The van der Waals surface area contributed by atoms with Crippen molar-refractivity contribution in [1.82, 2.24) is 9.88 Å². The highest BCUT2D eigenvalue weighted by Crippen LogP contribution is 2.33. The van der Waals surface area contributed by atoms with E-state index in [1.165, 1.54) is 12.1 Å². The highest BCUT2D eigenvalue weighted by atomic mass is 19.1. The van der Waals surface area contributed by atoms with Crippen LogP contribution >= 0.6 is 0 Å². The molecule has 0 aliphatic carbocycles. The van der Waals surface area contributed by atoms with Gasteiger partial charge in [-0.2, -0.15) is 5.26 Å². The first-order chi connectivity index (χ1) is 14.8. The molecule has 1 amide bonds. The van der Waals surface area contributed by atoms with Gasteiger partial charge in [-0.3, -0.25) is 4.79 Å². The van der Waals surface area contributed by atoms with Gasteiger partial charge in [0.25, 0.3) is 0 Å². The van der Waals surface area contributed by atoms with Crippen molar-refractivity contribution in [1.29, 1.82) is 5.26 Å². The normalized spacial score (nSPS) is 16.5. The van der Waals surface area contributed by atoms with E-state index in [9.17, 15) is 14.4 Å². The number of anilines is 1. The number of amides is 1. The van der Waals surface area contributed by atoms with Crippen molar-refractivity contribution in [3.05, 3.63) is 47.4 Å². The van der Waals surface area contributed by atoms with Crippen molar-refractivity contribution in [3.8, 4) is 17.2 Å². The maximum absolute atomic E-state index is 13.8. The molecule has 0 N–H and O–H groups in total. The molecule has 31 heavy (non-hydrogen) atoms. The number of hydrogen-bond donors (Lipinski definition) is 0. The smallest absolute Gasteiger partial charge is 0.225 e. The number of hydrogen-bond acceptors (Lipinski definition) is 5. The van der Waals surface area contributed by atoms with E-state index < -0.39 is 0 Å². The number of carbonyl (C=O) groups is 1. The van der Waals surface area contributed by atoms with Gasteiger partial charge in [-0.1, -0.05) is 26.0 Å². The molecule has 1 atom stereocenters. The van der Waals surface area contributed by atoms with E-state index in [-0.39, 0.29) is 23.7 Å². The molecule has 1 aliphatic rings. The number of piperazine rings is 1. The number of nitrogens with zero attached hydrogens (tertiary/aromatic N) is 4. The Balaban J connectivity index is 1.93. The number of methoxy groups -OCH3 is 1. The Morgan fingerprint density at radius 2 is 2.13 bits per heavy atom. The van der Waals surface area contributed by atoms with Crippen LogP contribution in [0.4, 0.5) is 10.2 Å². The molecule has 1 aromatic carbocycles. The molecule has 6 nitrogen and oxygen atoms in total. The minimum Gasteiger partial charge on any atom is -0.384 e. The number of aromatic nitrogens is 1. The lowest BCUT2D eigenvalue weighted by molar-refractivity contribution is -0.134. The van der Waals surface area contributed by atoms with Crippen LogP contribution in [0, 0.1) is 17.1 Å². The van der Waals surface area contributed by atoms with E-state index >= 15 is 0 Å². The highest BCUT2D eigenvalue weighted by Gasteiger charge is 2.29. The summed E-state index contributed by atoms with van der Waals surface area (Å²) in [6.45, 7) is 8.25. The van der Waals surface area contributed by atoms with Gasteiger partial charge >= 0.3 is 0 Å². The van der Waals surface area contributed by atoms with E-state index in [1.54, 1.807) is 13.2 Å². The van der Waals surface area contributed by atoms with Crippen molar-refractivity contribution in [2.24, 2.45) is 0 Å². The zero-order valence-electron chi connectivity index (χ0n) is 18.6. The van der Waals surface area contributed by atoms with Gasteiger partial charge in [0, 0.05) is 38.3 Å². The Morgan fingerprint density at radius 1 is 1.35 bits per heavy atom. The molecule has 164 valence electrons. The van der Waals surface area contributed by atoms with Crippen molar-refractivity contribution < 1.29 is 13.9 Å². The molecular weight excluding hydrogens is 395 g/mol. The standard InChI is InChI=1S/C24H29FN4O2/c1-16(2)23-21(18-6-5-7-20(25)12-18)13-19(14-26)24(27-23)28-9-10-29(17(3)15-28)22(30)8-11-31-4/h5-7,12-13,16-17H,8-11,15H2,1-4H3/t17-/m1/s1. The lowest BCUT2D eigenvalue weighted by atomic mass is 9.95. The SMILES string of the molecule is COCCC(=O)N1CCN(c2nc(C(C)C)c(-c3cccc(F)c3)cc2C#N)C[C@H]1C. The summed E-state index contributed by atoms with van der Waals surface area (Å²) >= 11 is 0. The van der Waals surface area contributed by atoms with Crippen LogP contribution in [-0.2, 0) is 9.53 Å². The van der Waals surface area contributed by atoms with Crippen LogP contribution in [0.1, 0.15) is 44.4 Å². The lowest BCUT2D eigenvalue weighted by Gasteiger charge is -2.41. The number of pyridine rings is 1. The minimum absolute atomic E-state index is 0.00292. The van der Waals surface area contributed by atoms with Crippen molar-refractivity contribution >= 4 is 11.7 Å². The van der Waals surface area contributed by atoms with E-state index in [1.807, 2.05) is 37.8 Å². The fourth-order valence-corrected chi connectivity index (χ4v) is 4.02. The van der Waals surface area contributed by atoms with E-state index in [2.05, 4.69) is 11.0 Å². The second-order valence-corrected chi connectivity index (χ2v) is 8.19. The van der Waals surface area contributed by atoms with Crippen LogP contribution in [0.3, 0.4) is 0 Å². The van der Waals surface area contributed by atoms with Gasteiger partial charge < -0.3 is 14.5 Å². The molecule has 0 unspecified atom stereocenters. The van der Waals surface area contributed by atoms with Crippen LogP contribution in [-0.4, -0.2) is 55.2 Å². The van der Waals surface area contributed by atoms with Crippen molar-refractivity contribution in [2.45, 2.75) is 39.2 Å². The maximum Gasteiger partial charge on any atom is 0.225 e. The molecule has 2 heterocycles. The second kappa shape index (κ2) is 9.88. The van der Waals surface area contributed by atoms with Crippen LogP contribution in [0.15, 0.2) is 30.3 Å². The number of ether oxygens (including phenoxy) is 1. The monoisotopic (exact) mass is 424 g/mol. The first-order valence-corrected chi connectivity index (χ1v) is 10.6. The van der Waals surface area contributed by atoms with Crippen LogP contribution in [0.2, 0.25) is 0 Å². The van der Waals surface area contributed by atoms with E-state index in [4.69, 9.17) is 9.72 Å². The largest absolute Gasteiger partial charge is 0.384 e. The molecule has 0 spiro atoms. The fraction of sp³-hybridized carbons (Fsp3) is 0.458. The first kappa shape index (κ1) is 22.7. The van der Waals surface area contributed by atoms with Gasteiger partial charge in [0.1, 0.15) is 17.7 Å². The van der Waals surface area contributed by atoms with Gasteiger partial charge in [-0.25, -0.2) is 9.37 Å². The van der Waals surface area contributed by atoms with Gasteiger partial charge in [-0.15, -0.1) is 0 Å². The molecule has 1 aromatic heterocycles. The number of nitriles is 1. The summed E-state index contributed by atoms with van der Waals surface area (Å²) in [6.07, 6.45) is 0.363. The fourth-order valence-electron chi connectivity index (χ4n) is 4.02. The third-order valence-corrected chi connectivity index (χ3v) is 5.60. The number of halogens is 1. The van der Waals surface area contributed by atoms with Gasteiger partial charge in [0.2, 0.25) is 5.91 Å². The predicted molar refractivity (Wildman–Crippen MR) is 118 cm³/mol. The van der Waals surface area contributed by atoms with Crippen molar-refractivity contribution in [2.75, 3.05) is 38.3 Å². The predicted octanol–water partition coefficient (Wildman–Crippen LogP) is 3.96. The molecule has 0 saturated carbocycles. The van der Waals surface area contributed by atoms with E-state index in [0.717, 1.165) is 11.3 Å². The molecule has 7 heteroatoms. The summed E-state index contributed by atoms with van der Waals surface area (Å²) in [5.74, 6) is 0.478. The molecule has 1 aliphatic heterocycles. The van der Waals surface area contributed by atoms with Crippen LogP contribution in [0.5, 0.6) is 0 Å². The van der Waals surface area contributed by atoms with Gasteiger partial charge in [-0.05, 0) is 36.6 Å². The molecule has 0 radical (unpaired) electrons. The van der Waals surface area contributed by atoms with Gasteiger partial charge in [0.05, 0.1) is 24.3 Å². The highest BCUT2D eigenvalue weighted by molar-refractivity contribution is 5.77. The summed E-state index contributed by atoms with van der Waals surface area (Å²) in [4.78, 5) is 21.3. The first-order valence-electron chi connectivity index (χ1n) is 10.6. The summed E-state index contributed by atoms with van der Waals surface area (Å²) in [6, 6.07) is 10.4. The van der Waals surface area contributed by atoms with E-state index in [0.29, 0.717) is 49.6 Å². The Hall–Kier alpha value is -2.98. The average Bonchev–Trinajstić information content (AvgIpc) is 2.76. The summed E-state index contributed by atoms with van der Waals surface area (Å²) in [7, 11) is 1.59. The second-order valence-electron chi connectivity index (χ2n) is 8.19. The maximum atomic E-state index is 13.8. The number of rotatable bonds is 6. The van der Waals surface area contributed by atoms with Crippen LogP contribution < -0.4 is 4.90 Å². The summed E-state index contributed by atoms with van der Waals surface area (Å²) in [5.41, 5.74) is 2.76. The third-order valence-electron chi connectivity index (χ3n) is 5.60. The molecule has 1 saturated heterocycles. The lowest BCUT2D eigenvalue weighted by Crippen LogP contribution is -2.54.